The average molecular weight is 890 g/mol. The van der Waals surface area contributed by atoms with Crippen LogP contribution in [0.25, 0.3) is 0 Å². The highest BCUT2D eigenvalue weighted by Crippen LogP contribution is 2.15. The van der Waals surface area contributed by atoms with Gasteiger partial charge in [-0.3, -0.25) is 0 Å². The highest BCUT2D eigenvalue weighted by Gasteiger charge is 2.23. The quantitative estimate of drug-likeness (QED) is 0.122. The lowest BCUT2D eigenvalue weighted by atomic mass is 9.98. The van der Waals surface area contributed by atoms with Crippen LogP contribution in [-0.4, -0.2) is 115 Å². The first kappa shape index (κ1) is 62.4. The molecule has 0 bridgehead atoms. The van der Waals surface area contributed by atoms with Crippen LogP contribution in [0.15, 0.2) is 0 Å². The number of rotatable bonds is 10. The van der Waals surface area contributed by atoms with Gasteiger partial charge in [0.15, 0.2) is 0 Å². The number of aliphatic hydroxyl groups excluding tert-OH is 1. The molecule has 0 rings (SSSR count). The SMILES string of the molecule is CC(C)(C)CBr.CC(C)(C)COC(CNC(=O)OC(C)(C)C)CNC(=O)OC(C)(C)C.CC(C)(C)OC(=O)NCC(O)CNC(=O)OC(C)(C)C.O=C=O.O=C=O. The van der Waals surface area contributed by atoms with Crippen LogP contribution in [0.4, 0.5) is 19.2 Å². The molecule has 5 N–H and O–H groups in total. The fraction of sp³-hybridized carbons (Fsp3) is 0.842. The van der Waals surface area contributed by atoms with Gasteiger partial charge < -0.3 is 50.1 Å². The maximum absolute atomic E-state index is 11.8. The first-order valence-corrected chi connectivity index (χ1v) is 19.2. The zero-order valence-electron chi connectivity index (χ0n) is 37.5. The number of carbonyl (C=O) groups excluding carboxylic acids is 8. The third kappa shape index (κ3) is 64.4. The molecule has 336 valence electrons. The minimum Gasteiger partial charge on any atom is -0.444 e. The van der Waals surface area contributed by atoms with Crippen molar-refractivity contribution in [3.8, 4) is 0 Å². The molecule has 4 amide bonds. The molecule has 0 saturated heterocycles. The molecular formula is C38H73BrN4O14. The molecule has 0 aliphatic rings. The molecule has 57 heavy (non-hydrogen) atoms. The molecule has 0 aromatic heterocycles. The summed E-state index contributed by atoms with van der Waals surface area (Å²) in [5.74, 6) is 0. The fourth-order valence-corrected chi connectivity index (χ4v) is 2.68. The van der Waals surface area contributed by atoms with E-state index in [0.29, 0.717) is 12.0 Å². The van der Waals surface area contributed by atoms with E-state index in [1.807, 2.05) is 20.8 Å². The van der Waals surface area contributed by atoms with E-state index in [9.17, 15) is 24.3 Å². The largest absolute Gasteiger partial charge is 0.444 e. The van der Waals surface area contributed by atoms with Crippen LogP contribution in [0.1, 0.15) is 125 Å². The summed E-state index contributed by atoms with van der Waals surface area (Å²) >= 11 is 3.37. The van der Waals surface area contributed by atoms with Gasteiger partial charge in [-0.05, 0) is 93.9 Å². The van der Waals surface area contributed by atoms with Crippen molar-refractivity contribution in [3.63, 3.8) is 0 Å². The van der Waals surface area contributed by atoms with Crippen molar-refractivity contribution in [2.24, 2.45) is 10.8 Å². The predicted molar refractivity (Wildman–Crippen MR) is 215 cm³/mol. The van der Waals surface area contributed by atoms with E-state index in [-0.39, 0.29) is 50.0 Å². The number of alkyl halides is 1. The highest BCUT2D eigenvalue weighted by atomic mass is 79.9. The van der Waals surface area contributed by atoms with Crippen LogP contribution in [0.5, 0.6) is 0 Å². The second-order valence-electron chi connectivity index (χ2n) is 18.5. The van der Waals surface area contributed by atoms with Gasteiger partial charge >= 0.3 is 36.7 Å². The van der Waals surface area contributed by atoms with Gasteiger partial charge in [0.2, 0.25) is 0 Å². The lowest BCUT2D eigenvalue weighted by Gasteiger charge is -2.26. The van der Waals surface area contributed by atoms with Crippen molar-refractivity contribution >= 4 is 52.6 Å². The Bertz CT molecular complexity index is 1120. The van der Waals surface area contributed by atoms with Gasteiger partial charge in [0, 0.05) is 31.5 Å². The lowest BCUT2D eigenvalue weighted by molar-refractivity contribution is -0.193. The molecule has 0 aromatic rings. The number of amides is 4. The Balaban J connectivity index is -0.000000249. The molecule has 0 unspecified atom stereocenters. The summed E-state index contributed by atoms with van der Waals surface area (Å²) in [7, 11) is 0. The van der Waals surface area contributed by atoms with Gasteiger partial charge in [0.25, 0.3) is 0 Å². The molecule has 0 fully saturated rings. The van der Waals surface area contributed by atoms with E-state index in [2.05, 4.69) is 58.0 Å². The summed E-state index contributed by atoms with van der Waals surface area (Å²) in [5.41, 5.74) is -1.90. The van der Waals surface area contributed by atoms with Crippen molar-refractivity contribution < 1.29 is 67.1 Å². The smallest absolute Gasteiger partial charge is 0.407 e. The Labute approximate surface area is 348 Å². The molecule has 0 atom stereocenters. The Kier molecular flexibility index (Phi) is 33.2. The van der Waals surface area contributed by atoms with Crippen LogP contribution in [0, 0.1) is 10.8 Å². The number of aliphatic hydroxyl groups is 1. The summed E-state index contributed by atoms with van der Waals surface area (Å²) in [6.45, 7) is 34.9. The maximum Gasteiger partial charge on any atom is 0.407 e. The van der Waals surface area contributed by atoms with Crippen LogP contribution >= 0.6 is 15.9 Å². The number of halogens is 1. The molecule has 0 spiro atoms. The van der Waals surface area contributed by atoms with Crippen molar-refractivity contribution in [1.82, 2.24) is 21.3 Å². The third-order valence-electron chi connectivity index (χ3n) is 4.66. The van der Waals surface area contributed by atoms with Gasteiger partial charge in [-0.15, -0.1) is 0 Å². The molecule has 0 heterocycles. The van der Waals surface area contributed by atoms with E-state index in [1.54, 1.807) is 83.1 Å². The molecule has 0 aromatic carbocycles. The zero-order valence-corrected chi connectivity index (χ0v) is 39.1. The normalized spacial score (nSPS) is 11.3. The van der Waals surface area contributed by atoms with Crippen LogP contribution in [-0.2, 0) is 42.9 Å². The predicted octanol–water partition coefficient (Wildman–Crippen LogP) is 6.12. The first-order valence-electron chi connectivity index (χ1n) is 18.1. The number of hydrogen-bond acceptors (Lipinski definition) is 14. The molecule has 19 heteroatoms. The van der Waals surface area contributed by atoms with E-state index in [1.165, 1.54) is 0 Å². The number of carbonyl (C=O) groups is 4. The monoisotopic (exact) mass is 888 g/mol. The van der Waals surface area contributed by atoms with Crippen molar-refractivity contribution in [2.75, 3.05) is 38.1 Å². The average Bonchev–Trinajstić information content (AvgIpc) is 2.96. The highest BCUT2D eigenvalue weighted by molar-refractivity contribution is 9.09. The summed E-state index contributed by atoms with van der Waals surface area (Å²) < 4.78 is 26.3. The van der Waals surface area contributed by atoms with Crippen LogP contribution < -0.4 is 21.3 Å². The molecule has 18 nitrogen and oxygen atoms in total. The number of ether oxygens (including phenoxy) is 5. The van der Waals surface area contributed by atoms with Gasteiger partial charge in [0.05, 0.1) is 18.8 Å². The number of alkyl carbamates (subject to hydrolysis) is 4. The van der Waals surface area contributed by atoms with Crippen LogP contribution in [0.2, 0.25) is 0 Å². The second kappa shape index (κ2) is 30.3. The van der Waals surface area contributed by atoms with E-state index < -0.39 is 52.9 Å². The molecule has 0 aliphatic heterocycles. The van der Waals surface area contributed by atoms with Gasteiger partial charge in [0.1, 0.15) is 22.4 Å². The van der Waals surface area contributed by atoms with Gasteiger partial charge in [-0.2, -0.15) is 19.2 Å². The van der Waals surface area contributed by atoms with E-state index in [0.717, 1.165) is 5.33 Å². The fourth-order valence-electron chi connectivity index (χ4n) is 2.68. The molecule has 0 saturated carbocycles. The Hall–Kier alpha value is -3.76. The zero-order chi connectivity index (χ0) is 46.5. The number of hydrogen-bond donors (Lipinski definition) is 5. The van der Waals surface area contributed by atoms with Crippen LogP contribution in [0.3, 0.4) is 0 Å². The summed E-state index contributed by atoms with van der Waals surface area (Å²) in [4.78, 5) is 78.7. The lowest BCUT2D eigenvalue weighted by Crippen LogP contribution is -2.44. The van der Waals surface area contributed by atoms with Crippen molar-refractivity contribution in [3.05, 3.63) is 0 Å². The van der Waals surface area contributed by atoms with E-state index >= 15 is 0 Å². The maximum atomic E-state index is 11.8. The van der Waals surface area contributed by atoms with Gasteiger partial charge in [-0.25, -0.2) is 19.2 Å². The summed E-state index contributed by atoms with van der Waals surface area (Å²) in [6.07, 6.45) is -3.08. The molecule has 0 radical (unpaired) electrons. The number of nitrogens with one attached hydrogen (secondary N) is 4. The Morgan fingerprint density at radius 2 is 0.702 bits per heavy atom. The molecule has 0 aliphatic carbocycles. The first-order chi connectivity index (χ1) is 25.4. The second-order valence-corrected chi connectivity index (χ2v) is 19.1. The Morgan fingerprint density at radius 1 is 0.491 bits per heavy atom. The topological polar surface area (TPSA) is 251 Å². The minimum absolute atomic E-state index is 0.0231. The van der Waals surface area contributed by atoms with Crippen molar-refractivity contribution in [2.45, 2.75) is 159 Å². The standard InChI is InChI=1S/C18H36N2O5.C13H26N2O5.C5H11Br.2CO2/c1-16(2,3)12-23-13(10-19-14(21)24-17(4,5)6)11-20-15(22)25-18(7,8)9;1-12(2,3)19-10(17)14-7-9(16)8-15-11(18)20-13(4,5)6;1-5(2,3)4-6;2*2-1-3/h13H,10-12H2,1-9H3,(H,19,21)(H,20,22);9,16H,7-8H2,1-6H3,(H,14,17)(H,15,18);4H2,1-3H3;;. The minimum atomic E-state index is -0.921. The third-order valence-corrected chi connectivity index (χ3v) is 6.34. The molecular weight excluding hydrogens is 816 g/mol. The van der Waals surface area contributed by atoms with Crippen molar-refractivity contribution in [1.29, 1.82) is 0 Å². The Morgan fingerprint density at radius 3 is 0.877 bits per heavy atom. The summed E-state index contributed by atoms with van der Waals surface area (Å²) in [6, 6.07) is 0. The summed E-state index contributed by atoms with van der Waals surface area (Å²) in [5, 5.41) is 20.8. The van der Waals surface area contributed by atoms with Gasteiger partial charge in [-0.1, -0.05) is 57.5 Å². The van der Waals surface area contributed by atoms with E-state index in [4.69, 9.17) is 42.9 Å².